The molecule has 0 amide bonds. The molecule has 0 saturated heterocycles. The minimum absolute atomic E-state index is 0.0865. The maximum Gasteiger partial charge on any atom is 0.129 e. The number of hydrogen-bond donors (Lipinski definition) is 1. The SMILES string of the molecule is CCCNC(Cc1cncc(Br)c1)c1c(F)cccc1Br. The number of halogens is 3. The Morgan fingerprint density at radius 2 is 2.10 bits per heavy atom. The van der Waals surface area contributed by atoms with E-state index in [1.807, 2.05) is 18.3 Å². The van der Waals surface area contributed by atoms with Crippen molar-refractivity contribution < 1.29 is 4.39 Å². The molecule has 0 aliphatic rings. The van der Waals surface area contributed by atoms with Gasteiger partial charge in [0, 0.05) is 32.9 Å². The van der Waals surface area contributed by atoms with Crippen LogP contribution in [0, 0.1) is 5.82 Å². The van der Waals surface area contributed by atoms with Crippen LogP contribution in [-0.4, -0.2) is 11.5 Å². The van der Waals surface area contributed by atoms with Gasteiger partial charge in [0.25, 0.3) is 0 Å². The molecule has 5 heteroatoms. The van der Waals surface area contributed by atoms with Crippen LogP contribution in [0.2, 0.25) is 0 Å². The van der Waals surface area contributed by atoms with Crippen LogP contribution in [0.3, 0.4) is 0 Å². The first kappa shape index (κ1) is 16.6. The summed E-state index contributed by atoms with van der Waals surface area (Å²) in [5.41, 5.74) is 1.74. The molecule has 2 aromatic rings. The average molecular weight is 416 g/mol. The van der Waals surface area contributed by atoms with Gasteiger partial charge >= 0.3 is 0 Å². The highest BCUT2D eigenvalue weighted by atomic mass is 79.9. The molecule has 0 fully saturated rings. The van der Waals surface area contributed by atoms with Gasteiger partial charge in [0.15, 0.2) is 0 Å². The maximum atomic E-state index is 14.2. The lowest BCUT2D eigenvalue weighted by atomic mass is 9.99. The van der Waals surface area contributed by atoms with E-state index in [1.165, 1.54) is 6.07 Å². The number of benzene rings is 1. The van der Waals surface area contributed by atoms with Crippen molar-refractivity contribution in [2.75, 3.05) is 6.54 Å². The van der Waals surface area contributed by atoms with Gasteiger partial charge < -0.3 is 5.32 Å². The molecule has 0 aliphatic heterocycles. The molecule has 1 aromatic carbocycles. The fraction of sp³-hybridized carbons (Fsp3) is 0.312. The lowest BCUT2D eigenvalue weighted by Gasteiger charge is -2.21. The fourth-order valence-corrected chi connectivity index (χ4v) is 3.27. The lowest BCUT2D eigenvalue weighted by Crippen LogP contribution is -2.25. The number of hydrogen-bond acceptors (Lipinski definition) is 2. The Balaban J connectivity index is 2.30. The predicted octanol–water partition coefficient (Wildman–Crippen LogP) is 5.03. The first-order valence-corrected chi connectivity index (χ1v) is 8.47. The Morgan fingerprint density at radius 3 is 2.76 bits per heavy atom. The molecule has 0 bridgehead atoms. The van der Waals surface area contributed by atoms with Gasteiger partial charge in [-0.2, -0.15) is 0 Å². The standard InChI is InChI=1S/C16H17Br2FN2/c1-2-6-21-15(8-11-7-12(17)10-20-9-11)16-13(18)4-3-5-14(16)19/h3-5,7,9-10,15,21H,2,6,8H2,1H3. The summed E-state index contributed by atoms with van der Waals surface area (Å²) >= 11 is 6.89. The summed E-state index contributed by atoms with van der Waals surface area (Å²) in [7, 11) is 0. The average Bonchev–Trinajstić information content (AvgIpc) is 2.44. The summed E-state index contributed by atoms with van der Waals surface area (Å²) in [5.74, 6) is -0.194. The quantitative estimate of drug-likeness (QED) is 0.715. The van der Waals surface area contributed by atoms with E-state index in [2.05, 4.69) is 49.1 Å². The third-order valence-corrected chi connectivity index (χ3v) is 4.32. The van der Waals surface area contributed by atoms with Crippen molar-refractivity contribution in [3.63, 3.8) is 0 Å². The van der Waals surface area contributed by atoms with Crippen LogP contribution in [0.15, 0.2) is 45.6 Å². The monoisotopic (exact) mass is 414 g/mol. The van der Waals surface area contributed by atoms with Gasteiger partial charge in [-0.15, -0.1) is 0 Å². The van der Waals surface area contributed by atoms with E-state index in [4.69, 9.17) is 0 Å². The fourth-order valence-electron chi connectivity index (χ4n) is 2.24. The molecule has 0 aliphatic carbocycles. The molecule has 0 radical (unpaired) electrons. The molecule has 1 aromatic heterocycles. The molecule has 21 heavy (non-hydrogen) atoms. The van der Waals surface area contributed by atoms with Gasteiger partial charge in [-0.3, -0.25) is 4.98 Å². The Kier molecular flexibility index (Phi) is 6.33. The van der Waals surface area contributed by atoms with Crippen molar-refractivity contribution in [2.45, 2.75) is 25.8 Å². The van der Waals surface area contributed by atoms with Gasteiger partial charge in [0.05, 0.1) is 0 Å². The second-order valence-corrected chi connectivity index (χ2v) is 6.63. The van der Waals surface area contributed by atoms with Crippen LogP contribution in [0.4, 0.5) is 4.39 Å². The van der Waals surface area contributed by atoms with E-state index in [0.717, 1.165) is 27.5 Å². The zero-order valence-electron chi connectivity index (χ0n) is 11.7. The zero-order chi connectivity index (χ0) is 15.2. The second kappa shape index (κ2) is 8.01. The molecule has 1 heterocycles. The first-order valence-electron chi connectivity index (χ1n) is 6.88. The molecule has 2 rings (SSSR count). The third kappa shape index (κ3) is 4.59. The smallest absolute Gasteiger partial charge is 0.129 e. The van der Waals surface area contributed by atoms with E-state index >= 15 is 0 Å². The highest BCUT2D eigenvalue weighted by molar-refractivity contribution is 9.10. The van der Waals surface area contributed by atoms with Crippen molar-refractivity contribution in [3.8, 4) is 0 Å². The van der Waals surface area contributed by atoms with Crippen LogP contribution in [0.1, 0.15) is 30.5 Å². The minimum Gasteiger partial charge on any atom is -0.310 e. The summed E-state index contributed by atoms with van der Waals surface area (Å²) in [6.45, 7) is 2.94. The van der Waals surface area contributed by atoms with Gasteiger partial charge in [-0.1, -0.05) is 28.9 Å². The van der Waals surface area contributed by atoms with Crippen molar-refractivity contribution in [1.29, 1.82) is 0 Å². The Hall–Kier alpha value is -0.780. The van der Waals surface area contributed by atoms with E-state index < -0.39 is 0 Å². The van der Waals surface area contributed by atoms with Crippen molar-refractivity contribution in [2.24, 2.45) is 0 Å². The van der Waals surface area contributed by atoms with Crippen molar-refractivity contribution >= 4 is 31.9 Å². The number of nitrogens with zero attached hydrogens (tertiary/aromatic N) is 1. The van der Waals surface area contributed by atoms with E-state index in [9.17, 15) is 4.39 Å². The molecule has 112 valence electrons. The molecule has 1 atom stereocenters. The lowest BCUT2D eigenvalue weighted by molar-refractivity contribution is 0.494. The first-order chi connectivity index (χ1) is 10.1. The number of rotatable bonds is 6. The Morgan fingerprint density at radius 1 is 1.29 bits per heavy atom. The Bertz CT molecular complexity index is 584. The van der Waals surface area contributed by atoms with E-state index in [0.29, 0.717) is 12.0 Å². The van der Waals surface area contributed by atoms with Crippen LogP contribution >= 0.6 is 31.9 Å². The van der Waals surface area contributed by atoms with Crippen LogP contribution in [0.25, 0.3) is 0 Å². The number of nitrogens with one attached hydrogen (secondary N) is 1. The highest BCUT2D eigenvalue weighted by Crippen LogP contribution is 2.29. The molecule has 2 nitrogen and oxygen atoms in total. The number of pyridine rings is 1. The largest absolute Gasteiger partial charge is 0.310 e. The van der Waals surface area contributed by atoms with Crippen molar-refractivity contribution in [1.82, 2.24) is 10.3 Å². The van der Waals surface area contributed by atoms with E-state index in [-0.39, 0.29) is 11.9 Å². The second-order valence-electron chi connectivity index (χ2n) is 4.86. The van der Waals surface area contributed by atoms with Gasteiger partial charge in [-0.05, 0) is 59.1 Å². The third-order valence-electron chi connectivity index (χ3n) is 3.19. The molecule has 0 saturated carbocycles. The Labute approximate surface area is 141 Å². The molecular weight excluding hydrogens is 399 g/mol. The zero-order valence-corrected chi connectivity index (χ0v) is 14.9. The highest BCUT2D eigenvalue weighted by Gasteiger charge is 2.19. The molecular formula is C16H17Br2FN2. The normalized spacial score (nSPS) is 12.4. The summed E-state index contributed by atoms with van der Waals surface area (Å²) in [4.78, 5) is 4.18. The maximum absolute atomic E-state index is 14.2. The summed E-state index contributed by atoms with van der Waals surface area (Å²) in [5, 5.41) is 3.42. The summed E-state index contributed by atoms with van der Waals surface area (Å²) < 4.78 is 15.9. The summed E-state index contributed by atoms with van der Waals surface area (Å²) in [6, 6.07) is 7.01. The number of aromatic nitrogens is 1. The summed E-state index contributed by atoms with van der Waals surface area (Å²) in [6.07, 6.45) is 5.25. The predicted molar refractivity (Wildman–Crippen MR) is 90.8 cm³/mol. The molecule has 1 unspecified atom stereocenters. The molecule has 0 spiro atoms. The van der Waals surface area contributed by atoms with Crippen LogP contribution in [-0.2, 0) is 6.42 Å². The van der Waals surface area contributed by atoms with Crippen molar-refractivity contribution in [3.05, 3.63) is 62.5 Å². The van der Waals surface area contributed by atoms with Gasteiger partial charge in [0.2, 0.25) is 0 Å². The van der Waals surface area contributed by atoms with Gasteiger partial charge in [-0.25, -0.2) is 4.39 Å². The topological polar surface area (TPSA) is 24.9 Å². The van der Waals surface area contributed by atoms with Crippen LogP contribution < -0.4 is 5.32 Å². The van der Waals surface area contributed by atoms with E-state index in [1.54, 1.807) is 12.3 Å². The molecule has 1 N–H and O–H groups in total. The minimum atomic E-state index is -0.194. The van der Waals surface area contributed by atoms with Gasteiger partial charge in [0.1, 0.15) is 5.82 Å². The van der Waals surface area contributed by atoms with Crippen LogP contribution in [0.5, 0.6) is 0 Å².